The lowest BCUT2D eigenvalue weighted by Gasteiger charge is -2.02. The molecule has 1 aromatic heterocycles. The fourth-order valence-electron chi connectivity index (χ4n) is 1.50. The van der Waals surface area contributed by atoms with Crippen molar-refractivity contribution in [3.63, 3.8) is 0 Å². The third-order valence-electron chi connectivity index (χ3n) is 2.35. The molecular formula is C12H7F2NO3. The van der Waals surface area contributed by atoms with Crippen LogP contribution in [0.5, 0.6) is 0 Å². The normalized spacial score (nSPS) is 10.3. The standard InChI is InChI=1S/C12H7F2NO3/c13-6-2-1-3-7(14)10(6)11(16)8-4-5-9(15-8)12(17)18/h1-5,15H,(H,17,18). The molecule has 4 nitrogen and oxygen atoms in total. The van der Waals surface area contributed by atoms with Crippen molar-refractivity contribution in [1.29, 1.82) is 0 Å². The fraction of sp³-hybridized carbons (Fsp3) is 0. The van der Waals surface area contributed by atoms with E-state index < -0.39 is 29.0 Å². The average Bonchev–Trinajstić information content (AvgIpc) is 2.77. The smallest absolute Gasteiger partial charge is 0.352 e. The van der Waals surface area contributed by atoms with Crippen LogP contribution < -0.4 is 0 Å². The first-order valence-electron chi connectivity index (χ1n) is 4.91. The summed E-state index contributed by atoms with van der Waals surface area (Å²) in [6.07, 6.45) is 0. The molecule has 0 aliphatic carbocycles. The number of carbonyl (C=O) groups excluding carboxylic acids is 1. The van der Waals surface area contributed by atoms with Crippen molar-refractivity contribution in [2.24, 2.45) is 0 Å². The van der Waals surface area contributed by atoms with Crippen LogP contribution in [-0.2, 0) is 0 Å². The van der Waals surface area contributed by atoms with Crippen molar-refractivity contribution in [3.05, 3.63) is 58.9 Å². The van der Waals surface area contributed by atoms with Crippen LogP contribution in [0, 0.1) is 11.6 Å². The highest BCUT2D eigenvalue weighted by atomic mass is 19.1. The summed E-state index contributed by atoms with van der Waals surface area (Å²) >= 11 is 0. The monoisotopic (exact) mass is 251 g/mol. The van der Waals surface area contributed by atoms with Crippen molar-refractivity contribution in [3.8, 4) is 0 Å². The van der Waals surface area contributed by atoms with Gasteiger partial charge in [-0.15, -0.1) is 0 Å². The van der Waals surface area contributed by atoms with Gasteiger partial charge < -0.3 is 10.1 Å². The molecule has 0 atom stereocenters. The van der Waals surface area contributed by atoms with Gasteiger partial charge in [-0.25, -0.2) is 13.6 Å². The zero-order valence-electron chi connectivity index (χ0n) is 8.91. The largest absolute Gasteiger partial charge is 0.477 e. The van der Waals surface area contributed by atoms with Gasteiger partial charge in [-0.1, -0.05) is 6.07 Å². The number of aromatic nitrogens is 1. The van der Waals surface area contributed by atoms with Crippen LogP contribution in [0.25, 0.3) is 0 Å². The van der Waals surface area contributed by atoms with Crippen molar-refractivity contribution in [2.75, 3.05) is 0 Å². The molecule has 2 aromatic rings. The number of carboxylic acid groups (broad SMARTS) is 1. The molecule has 1 heterocycles. The molecular weight excluding hydrogens is 244 g/mol. The SMILES string of the molecule is O=C(O)c1ccc(C(=O)c2c(F)cccc2F)[nH]1. The summed E-state index contributed by atoms with van der Waals surface area (Å²) in [5, 5.41) is 8.67. The van der Waals surface area contributed by atoms with Crippen LogP contribution in [0.15, 0.2) is 30.3 Å². The topological polar surface area (TPSA) is 70.2 Å². The van der Waals surface area contributed by atoms with Crippen molar-refractivity contribution >= 4 is 11.8 Å². The van der Waals surface area contributed by atoms with Gasteiger partial charge in [0.15, 0.2) is 0 Å². The second kappa shape index (κ2) is 4.40. The lowest BCUT2D eigenvalue weighted by molar-refractivity contribution is 0.0691. The predicted molar refractivity (Wildman–Crippen MR) is 57.5 cm³/mol. The van der Waals surface area contributed by atoms with Crippen LogP contribution in [-0.4, -0.2) is 21.8 Å². The summed E-state index contributed by atoms with van der Waals surface area (Å²) in [7, 11) is 0. The number of H-pyrrole nitrogens is 1. The molecule has 1 aromatic carbocycles. The van der Waals surface area contributed by atoms with E-state index in [2.05, 4.69) is 4.98 Å². The van der Waals surface area contributed by atoms with Gasteiger partial charge in [0.05, 0.1) is 11.3 Å². The Bertz CT molecular complexity index is 614. The molecule has 0 aliphatic rings. The first-order chi connectivity index (χ1) is 8.50. The van der Waals surface area contributed by atoms with Gasteiger partial charge in [-0.05, 0) is 24.3 Å². The Hall–Kier alpha value is -2.50. The highest BCUT2D eigenvalue weighted by molar-refractivity contribution is 6.08. The minimum atomic E-state index is -1.26. The zero-order valence-corrected chi connectivity index (χ0v) is 8.91. The van der Waals surface area contributed by atoms with Gasteiger partial charge in [0.25, 0.3) is 0 Å². The van der Waals surface area contributed by atoms with Gasteiger partial charge in [0.2, 0.25) is 5.78 Å². The Morgan fingerprint density at radius 3 is 2.06 bits per heavy atom. The maximum Gasteiger partial charge on any atom is 0.352 e. The Morgan fingerprint density at radius 1 is 1.00 bits per heavy atom. The number of nitrogens with one attached hydrogen (secondary N) is 1. The van der Waals surface area contributed by atoms with E-state index in [1.165, 1.54) is 0 Å². The molecule has 0 spiro atoms. The van der Waals surface area contributed by atoms with Gasteiger partial charge >= 0.3 is 5.97 Å². The van der Waals surface area contributed by atoms with E-state index in [0.29, 0.717) is 0 Å². The molecule has 0 saturated heterocycles. The van der Waals surface area contributed by atoms with Crippen LogP contribution in [0.2, 0.25) is 0 Å². The molecule has 6 heteroatoms. The maximum atomic E-state index is 13.4. The van der Waals surface area contributed by atoms with Crippen LogP contribution in [0.1, 0.15) is 26.5 Å². The maximum absolute atomic E-state index is 13.4. The Kier molecular flexibility index (Phi) is 2.93. The number of hydrogen-bond acceptors (Lipinski definition) is 2. The molecule has 0 unspecified atom stereocenters. The number of carboxylic acids is 1. The molecule has 0 aliphatic heterocycles. The quantitative estimate of drug-likeness (QED) is 0.822. The minimum absolute atomic E-state index is 0.184. The number of rotatable bonds is 3. The van der Waals surface area contributed by atoms with Crippen molar-refractivity contribution in [1.82, 2.24) is 4.98 Å². The number of aromatic amines is 1. The second-order valence-electron chi connectivity index (χ2n) is 3.52. The molecule has 0 radical (unpaired) electrons. The summed E-state index contributed by atoms with van der Waals surface area (Å²) in [6.45, 7) is 0. The second-order valence-corrected chi connectivity index (χ2v) is 3.52. The predicted octanol–water partition coefficient (Wildman–Crippen LogP) is 2.22. The number of benzene rings is 1. The number of hydrogen-bond donors (Lipinski definition) is 2. The molecule has 0 saturated carbocycles. The molecule has 18 heavy (non-hydrogen) atoms. The highest BCUT2D eigenvalue weighted by Crippen LogP contribution is 2.16. The van der Waals surface area contributed by atoms with Crippen LogP contribution >= 0.6 is 0 Å². The average molecular weight is 251 g/mol. The Balaban J connectivity index is 2.45. The Labute approximate surface area is 99.9 Å². The van der Waals surface area contributed by atoms with E-state index in [1.54, 1.807) is 0 Å². The molecule has 2 N–H and O–H groups in total. The first-order valence-corrected chi connectivity index (χ1v) is 4.91. The van der Waals surface area contributed by atoms with E-state index in [9.17, 15) is 18.4 Å². The van der Waals surface area contributed by atoms with E-state index in [1.807, 2.05) is 0 Å². The minimum Gasteiger partial charge on any atom is -0.477 e. The lowest BCUT2D eigenvalue weighted by Crippen LogP contribution is -2.08. The van der Waals surface area contributed by atoms with E-state index in [0.717, 1.165) is 30.3 Å². The number of aromatic carboxylic acids is 1. The molecule has 0 bridgehead atoms. The third-order valence-corrected chi connectivity index (χ3v) is 2.35. The number of ketones is 1. The number of halogens is 2. The number of carbonyl (C=O) groups is 2. The van der Waals surface area contributed by atoms with Gasteiger partial charge in [-0.2, -0.15) is 0 Å². The molecule has 2 rings (SSSR count). The summed E-state index contributed by atoms with van der Waals surface area (Å²) in [4.78, 5) is 24.7. The van der Waals surface area contributed by atoms with Crippen molar-refractivity contribution in [2.45, 2.75) is 0 Å². The highest BCUT2D eigenvalue weighted by Gasteiger charge is 2.20. The van der Waals surface area contributed by atoms with Gasteiger partial charge in [-0.3, -0.25) is 4.79 Å². The third kappa shape index (κ3) is 2.00. The van der Waals surface area contributed by atoms with E-state index in [-0.39, 0.29) is 11.4 Å². The van der Waals surface area contributed by atoms with Crippen LogP contribution in [0.4, 0.5) is 8.78 Å². The summed E-state index contributed by atoms with van der Waals surface area (Å²) in [5.41, 5.74) is -1.12. The van der Waals surface area contributed by atoms with Gasteiger partial charge in [0.1, 0.15) is 17.3 Å². The summed E-state index contributed by atoms with van der Waals surface area (Å²) in [5.74, 6) is -4.18. The van der Waals surface area contributed by atoms with Crippen molar-refractivity contribution < 1.29 is 23.5 Å². The Morgan fingerprint density at radius 2 is 1.56 bits per heavy atom. The molecule has 92 valence electrons. The summed E-state index contributed by atoms with van der Waals surface area (Å²) < 4.78 is 26.7. The van der Waals surface area contributed by atoms with Crippen LogP contribution in [0.3, 0.4) is 0 Å². The molecule has 0 fully saturated rings. The zero-order chi connectivity index (χ0) is 13.3. The summed E-state index contributed by atoms with van der Waals surface area (Å²) in [6, 6.07) is 5.36. The lowest BCUT2D eigenvalue weighted by atomic mass is 10.1. The fourth-order valence-corrected chi connectivity index (χ4v) is 1.50. The van der Waals surface area contributed by atoms with E-state index >= 15 is 0 Å². The molecule has 0 amide bonds. The van der Waals surface area contributed by atoms with E-state index in [4.69, 9.17) is 5.11 Å². The van der Waals surface area contributed by atoms with Gasteiger partial charge in [0, 0.05) is 0 Å². The first kappa shape index (κ1) is 12.0.